The number of halogens is 2. The first kappa shape index (κ1) is 33.4. The van der Waals surface area contributed by atoms with Gasteiger partial charge in [-0.2, -0.15) is 0 Å². The molecule has 0 bridgehead atoms. The summed E-state index contributed by atoms with van der Waals surface area (Å²) in [6.45, 7) is 9.50. The summed E-state index contributed by atoms with van der Waals surface area (Å²) in [5.41, 5.74) is 4.99. The van der Waals surface area contributed by atoms with Gasteiger partial charge in [-0.1, -0.05) is 0 Å². The van der Waals surface area contributed by atoms with E-state index in [1.54, 1.807) is 16.7 Å². The normalized spacial score (nSPS) is 17.1. The van der Waals surface area contributed by atoms with E-state index in [1.165, 1.54) is 83.0 Å². The van der Waals surface area contributed by atoms with Gasteiger partial charge in [-0.05, 0) is 0 Å². The molecule has 3 rings (SSSR count). The third-order valence-corrected chi connectivity index (χ3v) is 15.1. The van der Waals surface area contributed by atoms with Gasteiger partial charge in [-0.3, -0.25) is 0 Å². The van der Waals surface area contributed by atoms with Crippen molar-refractivity contribution in [2.24, 2.45) is 5.92 Å². The molecule has 2 unspecified atom stereocenters. The van der Waals surface area contributed by atoms with Crippen molar-refractivity contribution in [3.05, 3.63) is 61.7 Å². The van der Waals surface area contributed by atoms with Crippen molar-refractivity contribution in [3.63, 3.8) is 0 Å². The SMILES string of the molecule is CCCCCCP(CCCCCC)C1=Cc2ccccc2[CH]1[Zr+2][C]1=C(C(C)CCC)C=CC1.[Cl-].[Cl-]. The van der Waals surface area contributed by atoms with Crippen molar-refractivity contribution in [2.75, 3.05) is 12.3 Å². The van der Waals surface area contributed by atoms with Gasteiger partial charge < -0.3 is 24.8 Å². The Kier molecular flexibility index (Phi) is 17.7. The van der Waals surface area contributed by atoms with E-state index in [0.29, 0.717) is 0 Å². The van der Waals surface area contributed by atoms with Gasteiger partial charge in [0.05, 0.1) is 0 Å². The topological polar surface area (TPSA) is 0 Å². The van der Waals surface area contributed by atoms with Gasteiger partial charge in [0.25, 0.3) is 0 Å². The second kappa shape index (κ2) is 18.6. The van der Waals surface area contributed by atoms with E-state index in [2.05, 4.69) is 70.2 Å². The maximum atomic E-state index is 2.68. The van der Waals surface area contributed by atoms with Gasteiger partial charge in [-0.25, -0.2) is 0 Å². The zero-order valence-corrected chi connectivity index (χ0v) is 27.5. The molecule has 2 aliphatic carbocycles. The second-order valence-electron chi connectivity index (χ2n) is 10.1. The molecule has 194 valence electrons. The van der Waals surface area contributed by atoms with Crippen LogP contribution in [0.2, 0.25) is 0 Å². The summed E-state index contributed by atoms with van der Waals surface area (Å²) in [7, 11) is 0.0234. The Bertz CT molecular complexity index is 817. The summed E-state index contributed by atoms with van der Waals surface area (Å²) < 4.78 is 2.70. The van der Waals surface area contributed by atoms with E-state index in [9.17, 15) is 0 Å². The molecule has 0 saturated heterocycles. The van der Waals surface area contributed by atoms with E-state index in [1.807, 2.05) is 8.60 Å². The van der Waals surface area contributed by atoms with E-state index < -0.39 is 23.2 Å². The fraction of sp³-hybridized carbons (Fsp3) is 0.613. The molecule has 0 saturated carbocycles. The van der Waals surface area contributed by atoms with E-state index >= 15 is 0 Å². The Balaban J connectivity index is 0.00000306. The van der Waals surface area contributed by atoms with E-state index in [0.717, 1.165) is 9.54 Å². The molecule has 1 aromatic carbocycles. The van der Waals surface area contributed by atoms with Crippen LogP contribution in [-0.2, 0) is 23.2 Å². The number of allylic oxidation sites excluding steroid dienone is 5. The Morgan fingerprint density at radius 1 is 0.886 bits per heavy atom. The monoisotopic (exact) mass is 610 g/mol. The van der Waals surface area contributed by atoms with Crippen LogP contribution >= 0.6 is 7.92 Å². The van der Waals surface area contributed by atoms with Crippen LogP contribution < -0.4 is 24.8 Å². The predicted octanol–water partition coefficient (Wildman–Crippen LogP) is 4.47. The number of unbranched alkanes of at least 4 members (excludes halogenated alkanes) is 6. The van der Waals surface area contributed by atoms with Gasteiger partial charge in [0.2, 0.25) is 0 Å². The quantitative estimate of drug-likeness (QED) is 0.191. The van der Waals surface area contributed by atoms with Crippen molar-refractivity contribution < 1.29 is 48.0 Å². The Morgan fingerprint density at radius 2 is 1.54 bits per heavy atom. The van der Waals surface area contributed by atoms with Crippen LogP contribution in [0.15, 0.2) is 50.6 Å². The zero-order chi connectivity index (χ0) is 23.5. The summed E-state index contributed by atoms with van der Waals surface area (Å²) in [5, 5.41) is 1.91. The van der Waals surface area contributed by atoms with Crippen molar-refractivity contribution >= 4 is 14.0 Å². The van der Waals surface area contributed by atoms with Crippen LogP contribution in [0.4, 0.5) is 0 Å². The van der Waals surface area contributed by atoms with Crippen molar-refractivity contribution in [1.29, 1.82) is 0 Å². The molecule has 0 heterocycles. The Labute approximate surface area is 242 Å². The van der Waals surface area contributed by atoms with Crippen LogP contribution in [0, 0.1) is 5.92 Å². The average molecular weight is 613 g/mol. The largest absolute Gasteiger partial charge is 1.00 e. The number of hydrogen-bond acceptors (Lipinski definition) is 0. The number of rotatable bonds is 16. The van der Waals surface area contributed by atoms with Gasteiger partial charge in [0.1, 0.15) is 0 Å². The van der Waals surface area contributed by atoms with Gasteiger partial charge in [-0.15, -0.1) is 0 Å². The summed E-state index contributed by atoms with van der Waals surface area (Å²) in [5.74, 6) is 0.748. The molecular formula is C31H47Cl2PZr. The maximum Gasteiger partial charge on any atom is -1.00 e. The van der Waals surface area contributed by atoms with Gasteiger partial charge in [0, 0.05) is 0 Å². The fourth-order valence-corrected chi connectivity index (χ4v) is 14.2. The molecule has 0 amide bonds. The molecule has 0 aromatic heterocycles. The summed E-state index contributed by atoms with van der Waals surface area (Å²) in [6.07, 6.45) is 25.8. The van der Waals surface area contributed by atoms with Crippen LogP contribution in [0.25, 0.3) is 6.08 Å². The number of hydrogen-bond donors (Lipinski definition) is 0. The molecule has 0 radical (unpaired) electrons. The first-order valence-electron chi connectivity index (χ1n) is 13.9. The van der Waals surface area contributed by atoms with Crippen molar-refractivity contribution in [1.82, 2.24) is 0 Å². The number of fused-ring (bicyclic) bond motifs is 1. The molecule has 0 N–H and O–H groups in total. The Morgan fingerprint density at radius 3 is 2.17 bits per heavy atom. The van der Waals surface area contributed by atoms with Crippen LogP contribution in [0.3, 0.4) is 0 Å². The van der Waals surface area contributed by atoms with Crippen molar-refractivity contribution in [3.8, 4) is 0 Å². The third-order valence-electron chi connectivity index (χ3n) is 7.37. The minimum Gasteiger partial charge on any atom is -1.00 e. The first-order chi connectivity index (χ1) is 16.2. The molecule has 0 spiro atoms. The molecule has 0 aliphatic heterocycles. The minimum absolute atomic E-state index is 0. The van der Waals surface area contributed by atoms with Crippen LogP contribution in [0.5, 0.6) is 0 Å². The molecule has 2 aliphatic rings. The zero-order valence-electron chi connectivity index (χ0n) is 22.6. The summed E-state index contributed by atoms with van der Waals surface area (Å²) in [4.78, 5) is 0. The number of benzene rings is 1. The second-order valence-corrected chi connectivity index (χ2v) is 16.2. The first-order valence-corrected chi connectivity index (χ1v) is 18.3. The van der Waals surface area contributed by atoms with E-state index in [4.69, 9.17) is 0 Å². The predicted molar refractivity (Wildman–Crippen MR) is 147 cm³/mol. The molecule has 1 aromatic rings. The van der Waals surface area contributed by atoms with Crippen LogP contribution in [0.1, 0.15) is 113 Å². The summed E-state index contributed by atoms with van der Waals surface area (Å²) in [6, 6.07) is 9.44. The van der Waals surface area contributed by atoms with E-state index in [-0.39, 0.29) is 32.7 Å². The third kappa shape index (κ3) is 9.86. The Hall–Kier alpha value is 0.333. The standard InChI is InChI=1S/C21H32P.C10H15.2ClH.Zr/c1-3-5-7-11-15-22(16-12-8-6-4-2)21-17-19-13-9-10-14-20(19)18-21;1-3-6-9(2)10-7-4-5-8-10;;;/h9-10,13-14,17-18H,3-8,11-12,15-16H2,1-2H3;4,7,9H,3,5-6H2,1-2H3;2*1H;/q;;;;+2/p-2. The molecule has 0 nitrogen and oxygen atoms in total. The van der Waals surface area contributed by atoms with Gasteiger partial charge >= 0.3 is 219 Å². The molecule has 0 fully saturated rings. The molecule has 2 atom stereocenters. The summed E-state index contributed by atoms with van der Waals surface area (Å²) >= 11 is -0.700. The molecule has 35 heavy (non-hydrogen) atoms. The molecule has 4 heteroatoms. The minimum atomic E-state index is -0.700. The van der Waals surface area contributed by atoms with Crippen LogP contribution in [-0.4, -0.2) is 12.3 Å². The average Bonchev–Trinajstić information content (AvgIpc) is 3.43. The smallest absolute Gasteiger partial charge is 1.00 e. The van der Waals surface area contributed by atoms with Gasteiger partial charge in [0.15, 0.2) is 0 Å². The molecular weight excluding hydrogens is 565 g/mol. The van der Waals surface area contributed by atoms with Crippen molar-refractivity contribution in [2.45, 2.75) is 102 Å². The fourth-order valence-electron chi connectivity index (χ4n) is 5.45. The maximum absolute atomic E-state index is 2.68.